The number of thiophene rings is 1. The normalized spacial score (nSPS) is 11.6. The summed E-state index contributed by atoms with van der Waals surface area (Å²) in [4.78, 5) is 24.8. The number of carbonyl (C=O) groups is 1. The first-order valence-electron chi connectivity index (χ1n) is 6.72. The van der Waals surface area contributed by atoms with Crippen molar-refractivity contribution in [2.75, 3.05) is 0 Å². The highest BCUT2D eigenvalue weighted by atomic mass is 32.1. The molecule has 0 atom stereocenters. The minimum atomic E-state index is -0.993. The Hall–Kier alpha value is -1.88. The van der Waals surface area contributed by atoms with Gasteiger partial charge in [0.15, 0.2) is 0 Å². The number of rotatable bonds is 4. The van der Waals surface area contributed by atoms with E-state index in [2.05, 4.69) is 13.8 Å². The summed E-state index contributed by atoms with van der Waals surface area (Å²) in [7, 11) is 0. The van der Waals surface area contributed by atoms with Gasteiger partial charge in [0.2, 0.25) is 0 Å². The van der Waals surface area contributed by atoms with Crippen molar-refractivity contribution >= 4 is 17.3 Å². The molecule has 0 fully saturated rings. The van der Waals surface area contributed by atoms with Crippen molar-refractivity contribution in [1.82, 2.24) is 4.57 Å². The summed E-state index contributed by atoms with van der Waals surface area (Å²) in [6, 6.07) is 5.42. The first-order valence-corrected chi connectivity index (χ1v) is 7.60. The topological polar surface area (TPSA) is 59.3 Å². The fraction of sp³-hybridized carbons (Fsp3) is 0.375. The van der Waals surface area contributed by atoms with Crippen molar-refractivity contribution in [2.24, 2.45) is 0 Å². The van der Waals surface area contributed by atoms with Crippen LogP contribution < -0.4 is 5.56 Å². The zero-order valence-corrected chi connectivity index (χ0v) is 13.5. The molecule has 0 spiro atoms. The molecule has 0 unspecified atom stereocenters. The molecule has 21 heavy (non-hydrogen) atoms. The fourth-order valence-corrected chi connectivity index (χ4v) is 3.42. The molecule has 0 saturated heterocycles. The third kappa shape index (κ3) is 2.93. The summed E-state index contributed by atoms with van der Waals surface area (Å²) < 4.78 is 1.57. The lowest BCUT2D eigenvalue weighted by molar-refractivity contribution is 0.0693. The van der Waals surface area contributed by atoms with Crippen LogP contribution >= 0.6 is 11.3 Å². The highest BCUT2D eigenvalue weighted by Gasteiger charge is 2.25. The van der Waals surface area contributed by atoms with Gasteiger partial charge < -0.3 is 9.67 Å². The number of aryl methyl sites for hydroxylation is 1. The average Bonchev–Trinajstić information content (AvgIpc) is 2.88. The van der Waals surface area contributed by atoms with Gasteiger partial charge in [0, 0.05) is 28.6 Å². The van der Waals surface area contributed by atoms with Gasteiger partial charge in [0.25, 0.3) is 5.56 Å². The molecule has 5 heteroatoms. The molecule has 2 aromatic heterocycles. The summed E-state index contributed by atoms with van der Waals surface area (Å²) in [6.07, 6.45) is 0. The van der Waals surface area contributed by atoms with E-state index >= 15 is 0 Å². The highest BCUT2D eigenvalue weighted by molar-refractivity contribution is 7.10. The lowest BCUT2D eigenvalue weighted by Crippen LogP contribution is -2.33. The maximum atomic E-state index is 12.3. The van der Waals surface area contributed by atoms with Crippen LogP contribution in [0.1, 0.15) is 40.3 Å². The zero-order chi connectivity index (χ0) is 15.8. The molecule has 0 aliphatic rings. The maximum absolute atomic E-state index is 12.3. The van der Waals surface area contributed by atoms with E-state index in [1.165, 1.54) is 10.9 Å². The molecule has 0 saturated carbocycles. The number of hydrogen-bond donors (Lipinski definition) is 1. The molecule has 1 N–H and O–H groups in total. The van der Waals surface area contributed by atoms with Crippen molar-refractivity contribution in [3.05, 3.63) is 55.6 Å². The van der Waals surface area contributed by atoms with Gasteiger partial charge >= 0.3 is 5.97 Å². The average molecular weight is 305 g/mol. The van der Waals surface area contributed by atoms with Crippen LogP contribution in [0.3, 0.4) is 0 Å². The molecule has 4 nitrogen and oxygen atoms in total. The molecule has 0 radical (unpaired) electrons. The van der Waals surface area contributed by atoms with Gasteiger partial charge in [-0.05, 0) is 30.9 Å². The Morgan fingerprint density at radius 2 is 2.05 bits per heavy atom. The van der Waals surface area contributed by atoms with Crippen LogP contribution in [0.25, 0.3) is 0 Å². The first-order chi connectivity index (χ1) is 9.74. The van der Waals surface area contributed by atoms with E-state index < -0.39 is 5.97 Å². The second kappa shape index (κ2) is 5.48. The monoisotopic (exact) mass is 305 g/mol. The molecule has 2 heterocycles. The van der Waals surface area contributed by atoms with Crippen molar-refractivity contribution in [2.45, 2.75) is 39.7 Å². The van der Waals surface area contributed by atoms with Crippen LogP contribution in [0.2, 0.25) is 0 Å². The van der Waals surface area contributed by atoms with Gasteiger partial charge in [-0.2, -0.15) is 0 Å². The molecule has 2 rings (SSSR count). The van der Waals surface area contributed by atoms with Gasteiger partial charge in [-0.1, -0.05) is 19.9 Å². The summed E-state index contributed by atoms with van der Waals surface area (Å²) in [5.74, 6) is -0.993. The number of hydrogen-bond acceptors (Lipinski definition) is 3. The van der Waals surface area contributed by atoms with Crippen LogP contribution in [-0.2, 0) is 12.0 Å². The van der Waals surface area contributed by atoms with Gasteiger partial charge in [-0.25, -0.2) is 4.79 Å². The van der Waals surface area contributed by atoms with Crippen molar-refractivity contribution in [1.29, 1.82) is 0 Å². The van der Waals surface area contributed by atoms with E-state index in [0.29, 0.717) is 17.8 Å². The van der Waals surface area contributed by atoms with Gasteiger partial charge in [-0.3, -0.25) is 4.79 Å². The third-order valence-electron chi connectivity index (χ3n) is 3.72. The Balaban J connectivity index is 2.53. The second-order valence-electron chi connectivity index (χ2n) is 5.88. The minimum Gasteiger partial charge on any atom is -0.478 e. The second-order valence-corrected chi connectivity index (χ2v) is 6.83. The molecular formula is C16H19NO3S. The molecule has 0 bridgehead atoms. The van der Waals surface area contributed by atoms with Crippen LogP contribution in [-0.4, -0.2) is 15.6 Å². The number of aromatic nitrogens is 1. The van der Waals surface area contributed by atoms with Crippen LogP contribution in [0.4, 0.5) is 0 Å². The number of nitrogens with zero attached hydrogens (tertiary/aromatic N) is 1. The highest BCUT2D eigenvalue weighted by Crippen LogP contribution is 2.29. The van der Waals surface area contributed by atoms with Crippen LogP contribution in [0, 0.1) is 13.8 Å². The minimum absolute atomic E-state index is 0.153. The molecule has 0 aliphatic heterocycles. The van der Waals surface area contributed by atoms with E-state index in [9.17, 15) is 14.7 Å². The molecule has 0 amide bonds. The fourth-order valence-electron chi connectivity index (χ4n) is 2.58. The molecule has 112 valence electrons. The first kappa shape index (κ1) is 15.5. The lowest BCUT2D eigenvalue weighted by Gasteiger charge is -2.26. The van der Waals surface area contributed by atoms with Crippen LogP contribution in [0.15, 0.2) is 28.4 Å². The summed E-state index contributed by atoms with van der Waals surface area (Å²) in [5, 5.41) is 11.3. The molecule has 0 aliphatic carbocycles. The summed E-state index contributed by atoms with van der Waals surface area (Å²) in [5.41, 5.74) is 0.858. The Kier molecular flexibility index (Phi) is 4.05. The predicted octanol–water partition coefficient (Wildman–Crippen LogP) is 3.20. The Labute approximate surface area is 127 Å². The molecular weight excluding hydrogens is 286 g/mol. The van der Waals surface area contributed by atoms with E-state index in [-0.39, 0.29) is 16.5 Å². The number of carboxylic acid groups (broad SMARTS) is 1. The van der Waals surface area contributed by atoms with Crippen molar-refractivity contribution in [3.8, 4) is 0 Å². The van der Waals surface area contributed by atoms with E-state index in [1.807, 2.05) is 17.5 Å². The molecule has 0 aromatic carbocycles. The molecule has 2 aromatic rings. The predicted molar refractivity (Wildman–Crippen MR) is 84.5 cm³/mol. The number of aromatic carboxylic acids is 1. The van der Waals surface area contributed by atoms with Gasteiger partial charge in [-0.15, -0.1) is 11.3 Å². The quantitative estimate of drug-likeness (QED) is 0.943. The Bertz CT molecular complexity index is 727. The van der Waals surface area contributed by atoms with Gasteiger partial charge in [0.1, 0.15) is 0 Å². The van der Waals surface area contributed by atoms with Gasteiger partial charge in [0.05, 0.1) is 5.56 Å². The standard InChI is InChI=1S/C16H19NO3S/c1-10-8-13(18)17(11(2)14(10)15(19)20)9-16(3,4)12-6-5-7-21-12/h5-8H,9H2,1-4H3,(H,19,20). The third-order valence-corrected chi connectivity index (χ3v) is 4.96. The zero-order valence-electron chi connectivity index (χ0n) is 12.6. The van der Waals surface area contributed by atoms with E-state index in [1.54, 1.807) is 29.8 Å². The Morgan fingerprint density at radius 1 is 1.38 bits per heavy atom. The van der Waals surface area contributed by atoms with E-state index in [4.69, 9.17) is 0 Å². The largest absolute Gasteiger partial charge is 0.478 e. The lowest BCUT2D eigenvalue weighted by atomic mass is 9.91. The van der Waals surface area contributed by atoms with Crippen molar-refractivity contribution in [3.63, 3.8) is 0 Å². The smallest absolute Gasteiger partial charge is 0.337 e. The summed E-state index contributed by atoms with van der Waals surface area (Å²) in [6.45, 7) is 7.93. The summed E-state index contributed by atoms with van der Waals surface area (Å²) >= 11 is 1.64. The van der Waals surface area contributed by atoms with Crippen molar-refractivity contribution < 1.29 is 9.90 Å². The maximum Gasteiger partial charge on any atom is 0.337 e. The number of carboxylic acids is 1. The SMILES string of the molecule is Cc1cc(=O)n(CC(C)(C)c2cccs2)c(C)c1C(=O)O. The van der Waals surface area contributed by atoms with Crippen LogP contribution in [0.5, 0.6) is 0 Å². The Morgan fingerprint density at radius 3 is 2.57 bits per heavy atom. The number of pyridine rings is 1. The van der Waals surface area contributed by atoms with E-state index in [0.717, 1.165) is 0 Å².